The van der Waals surface area contributed by atoms with Crippen molar-refractivity contribution < 1.29 is 14.3 Å². The van der Waals surface area contributed by atoms with Crippen LogP contribution in [0.5, 0.6) is 5.75 Å². The summed E-state index contributed by atoms with van der Waals surface area (Å²) in [6, 6.07) is 8.84. The number of hydrogen-bond donors (Lipinski definition) is 2. The van der Waals surface area contributed by atoms with E-state index in [-0.39, 0.29) is 11.7 Å². The predicted molar refractivity (Wildman–Crippen MR) is 126 cm³/mol. The lowest BCUT2D eigenvalue weighted by atomic mass is 10.1. The number of ether oxygens (including phenoxy) is 1. The Kier molecular flexibility index (Phi) is 7.53. The van der Waals surface area contributed by atoms with Crippen LogP contribution in [0.1, 0.15) is 27.0 Å². The standard InChI is InChI=1S/C21H21ClN4O3S2/c1-11-7-12(2)18(13(3)8-11)23-17(27)10-30-21-26-25-20(31-21)24-19(28)15-9-14(22)5-6-16(15)29-4/h5-9H,10H2,1-4H3,(H,23,27)(H,24,25,28). The van der Waals surface area contributed by atoms with Crippen molar-refractivity contribution in [2.24, 2.45) is 0 Å². The maximum absolute atomic E-state index is 12.5. The summed E-state index contributed by atoms with van der Waals surface area (Å²) in [6.45, 7) is 5.96. The summed E-state index contributed by atoms with van der Waals surface area (Å²) in [5.41, 5.74) is 4.32. The number of thioether (sulfide) groups is 1. The van der Waals surface area contributed by atoms with Crippen molar-refractivity contribution in [3.8, 4) is 5.75 Å². The van der Waals surface area contributed by atoms with Gasteiger partial charge in [-0.2, -0.15) is 0 Å². The van der Waals surface area contributed by atoms with Crippen molar-refractivity contribution in [1.29, 1.82) is 0 Å². The van der Waals surface area contributed by atoms with Crippen LogP contribution in [0.2, 0.25) is 5.02 Å². The molecule has 0 aliphatic carbocycles. The molecule has 0 aliphatic heterocycles. The number of halogens is 1. The third-order valence-corrected chi connectivity index (χ3v) is 6.51. The molecule has 31 heavy (non-hydrogen) atoms. The molecule has 10 heteroatoms. The zero-order valence-electron chi connectivity index (χ0n) is 17.4. The van der Waals surface area contributed by atoms with Crippen LogP contribution in [0.15, 0.2) is 34.7 Å². The zero-order chi connectivity index (χ0) is 22.5. The maximum Gasteiger partial charge on any atom is 0.261 e. The molecule has 0 bridgehead atoms. The Balaban J connectivity index is 1.59. The average Bonchev–Trinajstić information content (AvgIpc) is 3.16. The van der Waals surface area contributed by atoms with E-state index in [1.54, 1.807) is 12.1 Å². The Bertz CT molecular complexity index is 1110. The summed E-state index contributed by atoms with van der Waals surface area (Å²) in [5, 5.41) is 14.4. The van der Waals surface area contributed by atoms with E-state index in [1.807, 2.05) is 32.9 Å². The average molecular weight is 477 g/mol. The SMILES string of the molecule is COc1ccc(Cl)cc1C(=O)Nc1nnc(SCC(=O)Nc2c(C)cc(C)cc2C)s1. The van der Waals surface area contributed by atoms with Crippen molar-refractivity contribution >= 4 is 57.3 Å². The second-order valence-corrected chi connectivity index (χ2v) is 9.42. The third kappa shape index (κ3) is 5.96. The molecule has 3 rings (SSSR count). The number of amides is 2. The fourth-order valence-electron chi connectivity index (χ4n) is 3.02. The molecule has 162 valence electrons. The first-order valence-corrected chi connectivity index (χ1v) is 11.4. The predicted octanol–water partition coefficient (Wildman–Crippen LogP) is 5.11. The van der Waals surface area contributed by atoms with Crippen LogP contribution < -0.4 is 15.4 Å². The quantitative estimate of drug-likeness (QED) is 0.363. The van der Waals surface area contributed by atoms with Crippen LogP contribution in [-0.4, -0.2) is 34.9 Å². The Morgan fingerprint density at radius 2 is 1.81 bits per heavy atom. The van der Waals surface area contributed by atoms with Gasteiger partial charge in [0.1, 0.15) is 5.75 Å². The molecule has 2 N–H and O–H groups in total. The molecule has 0 saturated carbocycles. The number of aryl methyl sites for hydroxylation is 3. The van der Waals surface area contributed by atoms with E-state index in [0.29, 0.717) is 25.8 Å². The second-order valence-electron chi connectivity index (χ2n) is 6.78. The number of hydrogen-bond acceptors (Lipinski definition) is 7. The molecule has 2 amide bonds. The summed E-state index contributed by atoms with van der Waals surface area (Å²) in [5.74, 6) is 0.0382. The summed E-state index contributed by atoms with van der Waals surface area (Å²) in [6.07, 6.45) is 0. The highest BCUT2D eigenvalue weighted by molar-refractivity contribution is 8.01. The number of nitrogens with zero attached hydrogens (tertiary/aromatic N) is 2. The van der Waals surface area contributed by atoms with E-state index in [2.05, 4.69) is 20.8 Å². The van der Waals surface area contributed by atoms with Crippen molar-refractivity contribution in [3.63, 3.8) is 0 Å². The molecule has 1 aromatic heterocycles. The third-order valence-electron chi connectivity index (χ3n) is 4.30. The molecule has 7 nitrogen and oxygen atoms in total. The van der Waals surface area contributed by atoms with Gasteiger partial charge in [0, 0.05) is 10.7 Å². The van der Waals surface area contributed by atoms with E-state index < -0.39 is 5.91 Å². The van der Waals surface area contributed by atoms with Gasteiger partial charge in [-0.1, -0.05) is 52.4 Å². The van der Waals surface area contributed by atoms with Crippen LogP contribution in [0, 0.1) is 20.8 Å². The first-order chi connectivity index (χ1) is 14.8. The molecular formula is C21H21ClN4O3S2. The minimum atomic E-state index is -0.407. The van der Waals surface area contributed by atoms with Gasteiger partial charge in [0.2, 0.25) is 11.0 Å². The minimum absolute atomic E-state index is 0.135. The summed E-state index contributed by atoms with van der Waals surface area (Å²) >= 11 is 8.42. The topological polar surface area (TPSA) is 93.2 Å². The Morgan fingerprint density at radius 3 is 2.48 bits per heavy atom. The number of carbonyl (C=O) groups excluding carboxylic acids is 2. The molecule has 0 saturated heterocycles. The number of anilines is 2. The van der Waals surface area contributed by atoms with Crippen molar-refractivity contribution in [1.82, 2.24) is 10.2 Å². The van der Waals surface area contributed by atoms with E-state index in [9.17, 15) is 9.59 Å². The van der Waals surface area contributed by atoms with E-state index in [0.717, 1.165) is 22.4 Å². The van der Waals surface area contributed by atoms with Crippen LogP contribution >= 0.6 is 34.7 Å². The second kappa shape index (κ2) is 10.1. The molecule has 1 heterocycles. The number of methoxy groups -OCH3 is 1. The molecule has 0 aliphatic rings. The van der Waals surface area contributed by atoms with Crippen molar-refractivity contribution in [2.45, 2.75) is 25.1 Å². The highest BCUT2D eigenvalue weighted by atomic mass is 35.5. The number of rotatable bonds is 7. The number of nitrogens with one attached hydrogen (secondary N) is 2. The van der Waals surface area contributed by atoms with Gasteiger partial charge in [0.05, 0.1) is 18.4 Å². The first-order valence-electron chi connectivity index (χ1n) is 9.25. The number of benzene rings is 2. The van der Waals surface area contributed by atoms with E-state index in [4.69, 9.17) is 16.3 Å². The number of carbonyl (C=O) groups is 2. The molecule has 2 aromatic carbocycles. The van der Waals surface area contributed by atoms with Gasteiger partial charge < -0.3 is 10.1 Å². The molecule has 0 atom stereocenters. The van der Waals surface area contributed by atoms with Gasteiger partial charge >= 0.3 is 0 Å². The largest absolute Gasteiger partial charge is 0.496 e. The Morgan fingerprint density at radius 1 is 1.10 bits per heavy atom. The summed E-state index contributed by atoms with van der Waals surface area (Å²) in [4.78, 5) is 24.9. The van der Waals surface area contributed by atoms with Gasteiger partial charge in [0.25, 0.3) is 5.91 Å². The highest BCUT2D eigenvalue weighted by Gasteiger charge is 2.16. The van der Waals surface area contributed by atoms with Crippen LogP contribution in [-0.2, 0) is 4.79 Å². The maximum atomic E-state index is 12.5. The Hall–Kier alpha value is -2.62. The lowest BCUT2D eigenvalue weighted by Crippen LogP contribution is -2.15. The van der Waals surface area contributed by atoms with Crippen molar-refractivity contribution in [3.05, 3.63) is 57.6 Å². The first kappa shape index (κ1) is 23.1. The summed E-state index contributed by atoms with van der Waals surface area (Å²) < 4.78 is 5.77. The molecule has 0 unspecified atom stereocenters. The fourth-order valence-corrected chi connectivity index (χ4v) is 4.74. The van der Waals surface area contributed by atoms with E-state index >= 15 is 0 Å². The van der Waals surface area contributed by atoms with Crippen LogP contribution in [0.3, 0.4) is 0 Å². The zero-order valence-corrected chi connectivity index (χ0v) is 19.8. The Labute approximate surface area is 193 Å². The fraction of sp³-hybridized carbons (Fsp3) is 0.238. The molecular weight excluding hydrogens is 456 g/mol. The molecule has 0 fully saturated rings. The van der Waals surface area contributed by atoms with Gasteiger partial charge in [-0.3, -0.25) is 14.9 Å². The highest BCUT2D eigenvalue weighted by Crippen LogP contribution is 2.28. The molecule has 3 aromatic rings. The molecule has 0 spiro atoms. The van der Waals surface area contributed by atoms with Crippen molar-refractivity contribution in [2.75, 3.05) is 23.5 Å². The van der Waals surface area contributed by atoms with Crippen LogP contribution in [0.4, 0.5) is 10.8 Å². The molecule has 0 radical (unpaired) electrons. The lowest BCUT2D eigenvalue weighted by molar-refractivity contribution is -0.113. The van der Waals surface area contributed by atoms with Gasteiger partial charge in [-0.15, -0.1) is 10.2 Å². The van der Waals surface area contributed by atoms with Gasteiger partial charge in [0.15, 0.2) is 4.34 Å². The number of aromatic nitrogens is 2. The van der Waals surface area contributed by atoms with Crippen LogP contribution in [0.25, 0.3) is 0 Å². The lowest BCUT2D eigenvalue weighted by Gasteiger charge is -2.12. The van der Waals surface area contributed by atoms with Gasteiger partial charge in [-0.05, 0) is 50.1 Å². The summed E-state index contributed by atoms with van der Waals surface area (Å²) in [7, 11) is 1.48. The minimum Gasteiger partial charge on any atom is -0.496 e. The van der Waals surface area contributed by atoms with E-state index in [1.165, 1.54) is 36.3 Å². The van der Waals surface area contributed by atoms with Gasteiger partial charge in [-0.25, -0.2) is 0 Å². The normalized spacial score (nSPS) is 10.6. The smallest absolute Gasteiger partial charge is 0.261 e. The monoisotopic (exact) mass is 476 g/mol.